The number of hydrogen-bond donors (Lipinski definition) is 2. The van der Waals surface area contributed by atoms with Crippen LogP contribution >= 0.6 is 0 Å². The van der Waals surface area contributed by atoms with Crippen LogP contribution in [0.4, 0.5) is 18.9 Å². The van der Waals surface area contributed by atoms with Gasteiger partial charge < -0.3 is 14.8 Å². The summed E-state index contributed by atoms with van der Waals surface area (Å²) in [6.45, 7) is 7.75. The molecule has 1 aromatic heterocycles. The second-order valence-corrected chi connectivity index (χ2v) is 10.9. The first-order valence-corrected chi connectivity index (χ1v) is 13.1. The average molecular weight is 555 g/mol. The lowest BCUT2D eigenvalue weighted by Crippen LogP contribution is -2.48. The SMILES string of the molecule is CC(C)(C)OC=O.O=S(=O)(Nc1cccc2ccc(-c3cccc(OC(F)(F)F)c3)nc12)N1CCNCC1. The number of anilines is 1. The molecule has 2 aromatic carbocycles. The van der Waals surface area contributed by atoms with Crippen molar-refractivity contribution in [3.8, 4) is 17.0 Å². The van der Waals surface area contributed by atoms with E-state index in [0.717, 1.165) is 0 Å². The molecule has 9 nitrogen and oxygen atoms in total. The van der Waals surface area contributed by atoms with Crippen molar-refractivity contribution < 1.29 is 35.9 Å². The number of piperazine rings is 1. The van der Waals surface area contributed by atoms with Gasteiger partial charge in [0.1, 0.15) is 11.4 Å². The minimum absolute atomic E-state index is 0.292. The smallest absolute Gasteiger partial charge is 0.462 e. The van der Waals surface area contributed by atoms with Gasteiger partial charge in [0.05, 0.1) is 16.9 Å². The number of aromatic nitrogens is 1. The molecule has 206 valence electrons. The number of fused-ring (bicyclic) bond motifs is 1. The largest absolute Gasteiger partial charge is 0.573 e. The number of nitrogens with one attached hydrogen (secondary N) is 2. The van der Waals surface area contributed by atoms with Crippen molar-refractivity contribution in [2.24, 2.45) is 0 Å². The third kappa shape index (κ3) is 8.57. The first-order chi connectivity index (χ1) is 17.8. The predicted molar refractivity (Wildman–Crippen MR) is 138 cm³/mol. The van der Waals surface area contributed by atoms with E-state index in [-0.39, 0.29) is 11.4 Å². The highest BCUT2D eigenvalue weighted by Gasteiger charge is 2.31. The molecule has 1 aliphatic rings. The van der Waals surface area contributed by atoms with Gasteiger partial charge in [-0.15, -0.1) is 13.2 Å². The first-order valence-electron chi connectivity index (χ1n) is 11.6. The number of benzene rings is 2. The topological polar surface area (TPSA) is 110 Å². The Kier molecular flexibility index (Phi) is 9.18. The molecule has 2 heterocycles. The maximum atomic E-state index is 12.8. The summed E-state index contributed by atoms with van der Waals surface area (Å²) in [5.74, 6) is -0.361. The summed E-state index contributed by atoms with van der Waals surface area (Å²) in [5.41, 5.74) is 1.15. The third-order valence-electron chi connectivity index (χ3n) is 5.14. The van der Waals surface area contributed by atoms with Crippen molar-refractivity contribution in [3.63, 3.8) is 0 Å². The van der Waals surface area contributed by atoms with Crippen molar-refractivity contribution in [3.05, 3.63) is 54.6 Å². The maximum absolute atomic E-state index is 12.8. The molecule has 38 heavy (non-hydrogen) atoms. The number of carbonyl (C=O) groups is 1. The molecule has 0 amide bonds. The number of para-hydroxylation sites is 1. The van der Waals surface area contributed by atoms with E-state index < -0.39 is 16.6 Å². The van der Waals surface area contributed by atoms with Gasteiger partial charge in [-0.1, -0.05) is 30.3 Å². The van der Waals surface area contributed by atoms with Crippen molar-refractivity contribution in [1.82, 2.24) is 14.6 Å². The Balaban J connectivity index is 0.000000505. The lowest BCUT2D eigenvalue weighted by molar-refractivity contribution is -0.274. The lowest BCUT2D eigenvalue weighted by Gasteiger charge is -2.27. The van der Waals surface area contributed by atoms with Crippen LogP contribution in [0.5, 0.6) is 5.75 Å². The van der Waals surface area contributed by atoms with E-state index in [0.29, 0.717) is 60.5 Å². The highest BCUT2D eigenvalue weighted by molar-refractivity contribution is 7.90. The number of alkyl halides is 3. The van der Waals surface area contributed by atoms with Gasteiger partial charge in [-0.2, -0.15) is 12.7 Å². The summed E-state index contributed by atoms with van der Waals surface area (Å²) >= 11 is 0. The number of rotatable bonds is 6. The molecule has 3 aromatic rings. The van der Waals surface area contributed by atoms with Crippen LogP contribution in [0.15, 0.2) is 54.6 Å². The van der Waals surface area contributed by atoms with Gasteiger partial charge >= 0.3 is 16.6 Å². The second-order valence-electron chi connectivity index (χ2n) is 9.23. The molecular weight excluding hydrogens is 525 g/mol. The van der Waals surface area contributed by atoms with Crippen molar-refractivity contribution in [2.45, 2.75) is 32.7 Å². The molecule has 1 saturated heterocycles. The molecule has 0 unspecified atom stereocenters. The molecule has 13 heteroatoms. The van der Waals surface area contributed by atoms with Crippen LogP contribution in [0.3, 0.4) is 0 Å². The Morgan fingerprint density at radius 3 is 2.32 bits per heavy atom. The van der Waals surface area contributed by atoms with Crippen molar-refractivity contribution in [1.29, 1.82) is 0 Å². The second kappa shape index (κ2) is 12.0. The van der Waals surface area contributed by atoms with Gasteiger partial charge in [0.15, 0.2) is 0 Å². The molecule has 1 fully saturated rings. The van der Waals surface area contributed by atoms with E-state index in [1.807, 2.05) is 20.8 Å². The van der Waals surface area contributed by atoms with E-state index >= 15 is 0 Å². The van der Waals surface area contributed by atoms with Gasteiger partial charge in [0, 0.05) is 37.1 Å². The first kappa shape index (κ1) is 29.1. The number of carbonyl (C=O) groups excluding carboxylic acids is 1. The molecule has 2 N–H and O–H groups in total. The molecule has 4 rings (SSSR count). The van der Waals surface area contributed by atoms with Crippen LogP contribution in [0.2, 0.25) is 0 Å². The standard InChI is InChI=1S/C20H19F3N4O3S.C5H10O2/c21-20(22,23)30-16-5-1-4-15(13-16)17-8-7-14-3-2-6-18(19(14)25-17)26-31(28,29)27-11-9-24-10-12-27;1-5(2,3)7-4-6/h1-8,13,24,26H,9-12H2;4H,1-3H3. The van der Waals surface area contributed by atoms with Gasteiger partial charge in [-0.3, -0.25) is 9.52 Å². The number of halogens is 3. The quantitative estimate of drug-likeness (QED) is 0.437. The fourth-order valence-corrected chi connectivity index (χ4v) is 4.71. The van der Waals surface area contributed by atoms with Gasteiger partial charge in [0.25, 0.3) is 6.47 Å². The van der Waals surface area contributed by atoms with E-state index in [2.05, 4.69) is 24.5 Å². The summed E-state index contributed by atoms with van der Waals surface area (Å²) in [6, 6.07) is 13.9. The average Bonchev–Trinajstić information content (AvgIpc) is 2.83. The molecule has 0 bridgehead atoms. The normalized spacial score (nSPS) is 14.8. The zero-order chi connectivity index (χ0) is 28.0. The Labute approximate surface area is 219 Å². The highest BCUT2D eigenvalue weighted by atomic mass is 32.2. The Morgan fingerprint density at radius 1 is 1.03 bits per heavy atom. The highest BCUT2D eigenvalue weighted by Crippen LogP contribution is 2.30. The lowest BCUT2D eigenvalue weighted by atomic mass is 10.1. The number of ether oxygens (including phenoxy) is 2. The maximum Gasteiger partial charge on any atom is 0.573 e. The summed E-state index contributed by atoms with van der Waals surface area (Å²) in [4.78, 5) is 14.1. The molecule has 0 spiro atoms. The van der Waals surface area contributed by atoms with Crippen LogP contribution in [-0.2, 0) is 19.7 Å². The van der Waals surface area contributed by atoms with Gasteiger partial charge in [-0.25, -0.2) is 4.98 Å². The molecule has 0 radical (unpaired) electrons. The van der Waals surface area contributed by atoms with Crippen LogP contribution in [0.1, 0.15) is 20.8 Å². The number of nitrogens with zero attached hydrogens (tertiary/aromatic N) is 2. The van der Waals surface area contributed by atoms with Crippen LogP contribution in [-0.4, -0.2) is 62.3 Å². The summed E-state index contributed by atoms with van der Waals surface area (Å²) < 4.78 is 75.6. The Hall–Kier alpha value is -3.42. The zero-order valence-electron chi connectivity index (χ0n) is 21.1. The summed E-state index contributed by atoms with van der Waals surface area (Å²) in [7, 11) is -3.77. The van der Waals surface area contributed by atoms with Crippen molar-refractivity contribution >= 4 is 33.3 Å². The van der Waals surface area contributed by atoms with E-state index in [1.165, 1.54) is 22.5 Å². The number of pyridine rings is 1. The number of hydrogen-bond acceptors (Lipinski definition) is 7. The zero-order valence-corrected chi connectivity index (χ0v) is 21.9. The van der Waals surface area contributed by atoms with Gasteiger partial charge in [0.2, 0.25) is 0 Å². The predicted octanol–water partition coefficient (Wildman–Crippen LogP) is 4.32. The Morgan fingerprint density at radius 2 is 1.71 bits per heavy atom. The minimum atomic E-state index is -4.80. The van der Waals surface area contributed by atoms with Crippen LogP contribution in [0.25, 0.3) is 22.2 Å². The molecule has 0 aliphatic carbocycles. The fraction of sp³-hybridized carbons (Fsp3) is 0.360. The van der Waals surface area contributed by atoms with Crippen LogP contribution in [0, 0.1) is 0 Å². The fourth-order valence-electron chi connectivity index (χ4n) is 3.48. The van der Waals surface area contributed by atoms with E-state index in [9.17, 15) is 26.4 Å². The molecule has 0 saturated carbocycles. The van der Waals surface area contributed by atoms with Gasteiger partial charge in [-0.05, 0) is 45.0 Å². The Bertz CT molecular complexity index is 1360. The molecular formula is C25H29F3N4O5S. The third-order valence-corrected chi connectivity index (χ3v) is 6.66. The summed E-state index contributed by atoms with van der Waals surface area (Å²) in [5, 5.41) is 3.78. The minimum Gasteiger partial charge on any atom is -0.462 e. The molecule has 1 aliphatic heterocycles. The van der Waals surface area contributed by atoms with Crippen molar-refractivity contribution in [2.75, 3.05) is 30.9 Å². The van der Waals surface area contributed by atoms with Crippen LogP contribution < -0.4 is 14.8 Å². The summed E-state index contributed by atoms with van der Waals surface area (Å²) in [6.07, 6.45) is -4.80. The molecule has 0 atom stereocenters. The van der Waals surface area contributed by atoms with E-state index in [1.54, 1.807) is 36.4 Å². The monoisotopic (exact) mass is 554 g/mol. The van der Waals surface area contributed by atoms with E-state index in [4.69, 9.17) is 0 Å².